The number of allylic oxidation sites excluding steroid dienone is 2. The van der Waals surface area contributed by atoms with Gasteiger partial charge < -0.3 is 25.2 Å². The number of hydrogen-bond donors (Lipinski definition) is 3. The molecule has 356 valence electrons. The molecule has 0 spiro atoms. The van der Waals surface area contributed by atoms with Gasteiger partial charge in [0.25, 0.3) is 0 Å². The van der Waals surface area contributed by atoms with Crippen molar-refractivity contribution in [3.8, 4) is 0 Å². The number of nitrogens with two attached hydrogens (primary N) is 1. The van der Waals surface area contributed by atoms with Gasteiger partial charge in [-0.1, -0.05) is 219 Å². The van der Waals surface area contributed by atoms with Crippen molar-refractivity contribution in [2.24, 2.45) is 5.73 Å². The topological polar surface area (TPSA) is 155 Å². The number of phosphoric ester groups is 1. The maximum atomic E-state index is 12.7. The molecule has 0 heterocycles. The minimum absolute atomic E-state index is 0.0216. The number of rotatable bonds is 49. The largest absolute Gasteiger partial charge is 0.480 e. The van der Waals surface area contributed by atoms with Crippen molar-refractivity contribution in [3.63, 3.8) is 0 Å². The number of carbonyl (C=O) groups excluding carboxylic acids is 1. The fourth-order valence-electron chi connectivity index (χ4n) is 7.37. The van der Waals surface area contributed by atoms with Crippen LogP contribution in [0.1, 0.15) is 251 Å². The Labute approximate surface area is 369 Å². The van der Waals surface area contributed by atoms with Gasteiger partial charge in [-0.05, 0) is 38.5 Å². The van der Waals surface area contributed by atoms with E-state index in [9.17, 15) is 19.0 Å². The minimum atomic E-state index is -4.62. The molecule has 0 radical (unpaired) electrons. The number of phosphoric acid groups is 1. The number of aliphatic carboxylic acids is 1. The molecule has 0 aromatic carbocycles. The summed E-state index contributed by atoms with van der Waals surface area (Å²) in [5.41, 5.74) is 5.37. The van der Waals surface area contributed by atoms with Crippen molar-refractivity contribution >= 4 is 19.8 Å². The van der Waals surface area contributed by atoms with Gasteiger partial charge in [0.1, 0.15) is 12.1 Å². The zero-order chi connectivity index (χ0) is 44.0. The monoisotopic (exact) mass is 874 g/mol. The Balaban J connectivity index is 4.10. The summed E-state index contributed by atoms with van der Waals surface area (Å²) in [5, 5.41) is 8.92. The van der Waals surface area contributed by atoms with Gasteiger partial charge >= 0.3 is 19.8 Å². The highest BCUT2D eigenvalue weighted by molar-refractivity contribution is 7.47. The van der Waals surface area contributed by atoms with Crippen molar-refractivity contribution in [2.45, 2.75) is 264 Å². The van der Waals surface area contributed by atoms with Gasteiger partial charge in [-0.2, -0.15) is 0 Å². The average Bonchev–Trinajstić information content (AvgIpc) is 3.23. The van der Waals surface area contributed by atoms with Crippen molar-refractivity contribution < 1.29 is 42.7 Å². The molecular weight excluding hydrogens is 778 g/mol. The molecule has 0 amide bonds. The third-order valence-electron chi connectivity index (χ3n) is 11.3. The first-order valence-electron chi connectivity index (χ1n) is 25.2. The van der Waals surface area contributed by atoms with Crippen molar-refractivity contribution in [2.75, 3.05) is 26.4 Å². The second-order valence-corrected chi connectivity index (χ2v) is 18.8. The Morgan fingerprint density at radius 2 is 0.867 bits per heavy atom. The molecule has 0 aliphatic carbocycles. The SMILES string of the molecule is CCCCCCCC/C=C\CCCCCCCCCC(=O)OC(COCCCCCCCCCCCCCCCCCCCCCCC)COP(=O)(O)OCC(N)C(=O)O. The molecule has 60 heavy (non-hydrogen) atoms. The number of ether oxygens (including phenoxy) is 2. The molecule has 0 aliphatic heterocycles. The highest BCUT2D eigenvalue weighted by atomic mass is 31.2. The predicted molar refractivity (Wildman–Crippen MR) is 249 cm³/mol. The van der Waals surface area contributed by atoms with Crippen LogP contribution >= 0.6 is 7.82 Å². The quantitative estimate of drug-likeness (QED) is 0.0233. The summed E-state index contributed by atoms with van der Waals surface area (Å²) >= 11 is 0. The van der Waals surface area contributed by atoms with Crippen LogP contribution < -0.4 is 5.73 Å². The van der Waals surface area contributed by atoms with Gasteiger partial charge in [-0.25, -0.2) is 4.57 Å². The summed E-state index contributed by atoms with van der Waals surface area (Å²) in [7, 11) is -4.62. The van der Waals surface area contributed by atoms with Crippen LogP contribution in [0.25, 0.3) is 0 Å². The Kier molecular flexibility index (Phi) is 44.7. The molecule has 0 aliphatic rings. The zero-order valence-corrected chi connectivity index (χ0v) is 40.0. The lowest BCUT2D eigenvalue weighted by Crippen LogP contribution is -2.34. The Hall–Kier alpha value is -1.29. The van der Waals surface area contributed by atoms with E-state index < -0.39 is 45.1 Å². The zero-order valence-electron chi connectivity index (χ0n) is 39.1. The highest BCUT2D eigenvalue weighted by Gasteiger charge is 2.27. The third-order valence-corrected chi connectivity index (χ3v) is 12.2. The van der Waals surface area contributed by atoms with E-state index in [0.717, 1.165) is 44.9 Å². The predicted octanol–water partition coefficient (Wildman–Crippen LogP) is 14.5. The fourth-order valence-corrected chi connectivity index (χ4v) is 8.14. The lowest BCUT2D eigenvalue weighted by molar-refractivity contribution is -0.154. The van der Waals surface area contributed by atoms with Crippen LogP contribution in [0.2, 0.25) is 0 Å². The van der Waals surface area contributed by atoms with Gasteiger partial charge in [-0.3, -0.25) is 18.6 Å². The third kappa shape index (κ3) is 44.8. The maximum Gasteiger partial charge on any atom is 0.472 e. The Morgan fingerprint density at radius 1 is 0.517 bits per heavy atom. The smallest absolute Gasteiger partial charge is 0.472 e. The standard InChI is InChI=1S/C49H96NO9P/c1-3-5-7-9-11-13-15-17-19-21-22-23-24-26-28-30-32-34-36-38-40-42-56-43-46(44-57-60(54,55)58-45-47(50)49(52)53)59-48(51)41-39-37-35-33-31-29-27-25-20-18-16-14-12-10-8-6-4-2/h18,20,46-47H,3-17,19,21-45,50H2,1-2H3,(H,52,53)(H,54,55)/b20-18-. The van der Waals surface area contributed by atoms with E-state index in [-0.39, 0.29) is 13.0 Å². The molecule has 0 rings (SSSR count). The van der Waals surface area contributed by atoms with E-state index in [1.165, 1.54) is 180 Å². The summed E-state index contributed by atoms with van der Waals surface area (Å²) in [6, 6.07) is -1.47. The molecule has 0 aromatic rings. The molecule has 4 N–H and O–H groups in total. The molecular formula is C49H96NO9P. The number of carboxylic acids is 1. The van der Waals surface area contributed by atoms with Crippen molar-refractivity contribution in [1.82, 2.24) is 0 Å². The Morgan fingerprint density at radius 3 is 1.27 bits per heavy atom. The van der Waals surface area contributed by atoms with Crippen molar-refractivity contribution in [1.29, 1.82) is 0 Å². The molecule has 10 nitrogen and oxygen atoms in total. The van der Waals surface area contributed by atoms with E-state index in [2.05, 4.69) is 26.0 Å². The Bertz CT molecular complexity index is 1010. The van der Waals surface area contributed by atoms with Crippen LogP contribution in [0.3, 0.4) is 0 Å². The van der Waals surface area contributed by atoms with Crippen LogP contribution in [0, 0.1) is 0 Å². The molecule has 0 saturated heterocycles. The van der Waals surface area contributed by atoms with E-state index in [1.807, 2.05) is 0 Å². The number of carboxylic acid groups (broad SMARTS) is 1. The number of hydrogen-bond acceptors (Lipinski definition) is 8. The van der Waals surface area contributed by atoms with E-state index in [1.54, 1.807) is 0 Å². The number of carbonyl (C=O) groups is 2. The first kappa shape index (κ1) is 58.7. The molecule has 0 bridgehead atoms. The van der Waals surface area contributed by atoms with Gasteiger partial charge in [0, 0.05) is 13.0 Å². The lowest BCUT2D eigenvalue weighted by Gasteiger charge is -2.20. The second kappa shape index (κ2) is 45.7. The number of unbranched alkanes of at least 4 members (excludes halogenated alkanes) is 33. The van der Waals surface area contributed by atoms with Crippen LogP contribution in [0.15, 0.2) is 12.2 Å². The summed E-state index contributed by atoms with van der Waals surface area (Å²) in [6.07, 6.45) is 49.8. The molecule has 0 fully saturated rings. The normalized spacial score (nSPS) is 13.8. The van der Waals surface area contributed by atoms with E-state index in [4.69, 9.17) is 29.4 Å². The maximum absolute atomic E-state index is 12.7. The summed E-state index contributed by atoms with van der Waals surface area (Å²) < 4.78 is 33.5. The van der Waals surface area contributed by atoms with Gasteiger partial charge in [-0.15, -0.1) is 0 Å². The van der Waals surface area contributed by atoms with Crippen LogP contribution in [-0.4, -0.2) is 60.5 Å². The minimum Gasteiger partial charge on any atom is -0.480 e. The van der Waals surface area contributed by atoms with Crippen molar-refractivity contribution in [3.05, 3.63) is 12.2 Å². The van der Waals surface area contributed by atoms with E-state index in [0.29, 0.717) is 13.0 Å². The van der Waals surface area contributed by atoms with Gasteiger partial charge in [0.2, 0.25) is 0 Å². The summed E-state index contributed by atoms with van der Waals surface area (Å²) in [5.74, 6) is -1.77. The van der Waals surface area contributed by atoms with Crippen LogP contribution in [-0.2, 0) is 32.7 Å². The van der Waals surface area contributed by atoms with E-state index >= 15 is 0 Å². The average molecular weight is 874 g/mol. The molecule has 0 saturated carbocycles. The molecule has 3 unspecified atom stereocenters. The highest BCUT2D eigenvalue weighted by Crippen LogP contribution is 2.43. The first-order valence-corrected chi connectivity index (χ1v) is 26.7. The summed E-state index contributed by atoms with van der Waals surface area (Å²) in [6.45, 7) is 3.93. The van der Waals surface area contributed by atoms with Gasteiger partial charge in [0.15, 0.2) is 0 Å². The fraction of sp³-hybridized carbons (Fsp3) is 0.918. The summed E-state index contributed by atoms with van der Waals surface area (Å²) in [4.78, 5) is 33.6. The first-order chi connectivity index (χ1) is 29.2. The molecule has 0 aromatic heterocycles. The number of esters is 1. The van der Waals surface area contributed by atoms with Crippen LogP contribution in [0.4, 0.5) is 0 Å². The van der Waals surface area contributed by atoms with Crippen LogP contribution in [0.5, 0.6) is 0 Å². The second-order valence-electron chi connectivity index (χ2n) is 17.3. The van der Waals surface area contributed by atoms with Gasteiger partial charge in [0.05, 0.1) is 19.8 Å². The molecule has 3 atom stereocenters. The molecule has 11 heteroatoms. The lowest BCUT2D eigenvalue weighted by atomic mass is 10.0.